The number of aryl methyl sites for hydroxylation is 1. The zero-order valence-electron chi connectivity index (χ0n) is 15.8. The van der Waals surface area contributed by atoms with Gasteiger partial charge in [-0.25, -0.2) is 10.2 Å². The molecule has 30 heavy (non-hydrogen) atoms. The summed E-state index contributed by atoms with van der Waals surface area (Å²) in [7, 11) is 0. The summed E-state index contributed by atoms with van der Waals surface area (Å²) in [6.07, 6.45) is 1.32. The number of phenols is 2. The van der Waals surface area contributed by atoms with Crippen LogP contribution in [-0.2, 0) is 0 Å². The zero-order chi connectivity index (χ0) is 21.7. The van der Waals surface area contributed by atoms with Crippen LogP contribution in [0.4, 0.5) is 0 Å². The Bertz CT molecular complexity index is 1130. The second-order valence-corrected chi connectivity index (χ2v) is 7.25. The number of rotatable bonds is 5. The van der Waals surface area contributed by atoms with Crippen LogP contribution >= 0.6 is 15.9 Å². The van der Waals surface area contributed by atoms with Crippen molar-refractivity contribution < 1.29 is 24.5 Å². The molecule has 1 amide bonds. The average Bonchev–Trinajstić information content (AvgIpc) is 2.70. The fourth-order valence-electron chi connectivity index (χ4n) is 2.49. The van der Waals surface area contributed by atoms with E-state index in [9.17, 15) is 19.8 Å². The van der Waals surface area contributed by atoms with Gasteiger partial charge in [-0.2, -0.15) is 5.10 Å². The van der Waals surface area contributed by atoms with Crippen LogP contribution in [0.15, 0.2) is 70.2 Å². The summed E-state index contributed by atoms with van der Waals surface area (Å²) >= 11 is 3.34. The summed E-state index contributed by atoms with van der Waals surface area (Å²) in [6.45, 7) is 1.92. The lowest BCUT2D eigenvalue weighted by Crippen LogP contribution is -2.18. The van der Waals surface area contributed by atoms with Crippen LogP contribution in [0.25, 0.3) is 0 Å². The Morgan fingerprint density at radius 2 is 1.77 bits per heavy atom. The van der Waals surface area contributed by atoms with Crippen molar-refractivity contribution in [3.63, 3.8) is 0 Å². The van der Waals surface area contributed by atoms with Crippen LogP contribution in [0.3, 0.4) is 0 Å². The molecule has 0 aliphatic heterocycles. The zero-order valence-corrected chi connectivity index (χ0v) is 17.4. The Labute approximate surface area is 180 Å². The topological polar surface area (TPSA) is 108 Å². The predicted octanol–water partition coefficient (Wildman–Crippen LogP) is 4.15. The number of benzene rings is 3. The predicted molar refractivity (Wildman–Crippen MR) is 115 cm³/mol. The number of phenolic OH excluding ortho intramolecular Hbond substituents is 2. The lowest BCUT2D eigenvalue weighted by molar-refractivity contribution is 0.0734. The van der Waals surface area contributed by atoms with Crippen LogP contribution in [-0.4, -0.2) is 28.3 Å². The van der Waals surface area contributed by atoms with Crippen molar-refractivity contribution in [3.05, 3.63) is 87.4 Å². The summed E-state index contributed by atoms with van der Waals surface area (Å²) in [5, 5.41) is 22.9. The molecule has 0 atom stereocenters. The Balaban J connectivity index is 1.75. The molecule has 7 nitrogen and oxygen atoms in total. The number of hydrogen-bond donors (Lipinski definition) is 3. The Morgan fingerprint density at radius 3 is 2.47 bits per heavy atom. The van der Waals surface area contributed by atoms with Crippen molar-refractivity contribution >= 4 is 34.0 Å². The minimum atomic E-state index is -0.669. The molecule has 3 aromatic carbocycles. The lowest BCUT2D eigenvalue weighted by Gasteiger charge is -2.08. The smallest absolute Gasteiger partial charge is 0.343 e. The SMILES string of the molecule is Cc1ccc(C(=O)Oc2ccc(Br)cc2/C=N/NC(=O)c2ccc(O)cc2O)cc1. The average molecular weight is 469 g/mol. The molecule has 0 saturated heterocycles. The summed E-state index contributed by atoms with van der Waals surface area (Å²) in [5.74, 6) is -1.48. The second kappa shape index (κ2) is 9.23. The first kappa shape index (κ1) is 21.1. The van der Waals surface area contributed by atoms with Gasteiger partial charge >= 0.3 is 5.97 Å². The number of nitrogens with one attached hydrogen (secondary N) is 1. The maximum Gasteiger partial charge on any atom is 0.343 e. The first-order valence-electron chi connectivity index (χ1n) is 8.77. The third-order valence-corrected chi connectivity index (χ3v) is 4.55. The number of halogens is 1. The van der Waals surface area contributed by atoms with Gasteiger partial charge in [0.25, 0.3) is 5.91 Å². The molecule has 0 fully saturated rings. The summed E-state index contributed by atoms with van der Waals surface area (Å²) in [6, 6.07) is 15.6. The van der Waals surface area contributed by atoms with Crippen LogP contribution in [0, 0.1) is 6.92 Å². The molecule has 0 unspecified atom stereocenters. The first-order valence-corrected chi connectivity index (χ1v) is 9.56. The van der Waals surface area contributed by atoms with E-state index in [0.29, 0.717) is 11.1 Å². The normalized spacial score (nSPS) is 10.7. The maximum atomic E-state index is 12.4. The van der Waals surface area contributed by atoms with Gasteiger partial charge in [-0.3, -0.25) is 4.79 Å². The highest BCUT2D eigenvalue weighted by molar-refractivity contribution is 9.10. The highest BCUT2D eigenvalue weighted by Crippen LogP contribution is 2.24. The van der Waals surface area contributed by atoms with Crippen molar-refractivity contribution in [1.82, 2.24) is 5.43 Å². The van der Waals surface area contributed by atoms with Crippen molar-refractivity contribution in [2.24, 2.45) is 5.10 Å². The van der Waals surface area contributed by atoms with Gasteiger partial charge in [0.2, 0.25) is 0 Å². The fraction of sp³-hybridized carbons (Fsp3) is 0.0455. The van der Waals surface area contributed by atoms with E-state index in [-0.39, 0.29) is 22.8 Å². The quantitative estimate of drug-likeness (QED) is 0.225. The number of aromatic hydroxyl groups is 2. The molecule has 0 heterocycles. The van der Waals surface area contributed by atoms with E-state index in [1.165, 1.54) is 18.3 Å². The maximum absolute atomic E-state index is 12.4. The molecule has 0 bridgehead atoms. The standard InChI is InChI=1S/C22H17BrN2O5/c1-13-2-4-14(5-3-13)22(29)30-20-9-6-16(23)10-15(20)12-24-25-21(28)18-8-7-17(26)11-19(18)27/h2-12,26-27H,1H3,(H,25,28)/b24-12+. The molecule has 0 saturated carbocycles. The van der Waals surface area contributed by atoms with Crippen LogP contribution in [0.2, 0.25) is 0 Å². The molecule has 3 rings (SSSR count). The third kappa shape index (κ3) is 5.24. The van der Waals surface area contributed by atoms with Gasteiger partial charge in [-0.15, -0.1) is 0 Å². The largest absolute Gasteiger partial charge is 0.508 e. The highest BCUT2D eigenvalue weighted by Gasteiger charge is 2.13. The fourth-order valence-corrected chi connectivity index (χ4v) is 2.87. The van der Waals surface area contributed by atoms with Gasteiger partial charge in [0, 0.05) is 16.1 Å². The molecule has 3 N–H and O–H groups in total. The number of hydrogen-bond acceptors (Lipinski definition) is 6. The summed E-state index contributed by atoms with van der Waals surface area (Å²) < 4.78 is 6.19. The van der Waals surface area contributed by atoms with Gasteiger partial charge in [0.15, 0.2) is 0 Å². The van der Waals surface area contributed by atoms with E-state index in [0.717, 1.165) is 16.1 Å². The Hall–Kier alpha value is -3.65. The van der Waals surface area contributed by atoms with Gasteiger partial charge in [-0.1, -0.05) is 33.6 Å². The van der Waals surface area contributed by atoms with E-state index >= 15 is 0 Å². The molecule has 3 aromatic rings. The number of carbonyl (C=O) groups is 2. The van der Waals surface area contributed by atoms with Gasteiger partial charge in [-0.05, 0) is 49.4 Å². The number of esters is 1. The molecule has 8 heteroatoms. The van der Waals surface area contributed by atoms with E-state index in [1.807, 2.05) is 19.1 Å². The van der Waals surface area contributed by atoms with E-state index in [2.05, 4.69) is 26.5 Å². The van der Waals surface area contributed by atoms with Crippen molar-refractivity contribution in [2.45, 2.75) is 6.92 Å². The lowest BCUT2D eigenvalue weighted by atomic mass is 10.1. The van der Waals surface area contributed by atoms with E-state index in [4.69, 9.17) is 4.74 Å². The Kier molecular flexibility index (Phi) is 6.48. The number of nitrogens with zero attached hydrogens (tertiary/aromatic N) is 1. The number of amides is 1. The monoisotopic (exact) mass is 468 g/mol. The van der Waals surface area contributed by atoms with E-state index < -0.39 is 11.9 Å². The number of ether oxygens (including phenoxy) is 1. The summed E-state index contributed by atoms with van der Waals surface area (Å²) in [4.78, 5) is 24.5. The van der Waals surface area contributed by atoms with E-state index in [1.54, 1.807) is 30.3 Å². The minimum Gasteiger partial charge on any atom is -0.508 e. The molecule has 152 valence electrons. The first-order chi connectivity index (χ1) is 14.3. The molecule has 0 aromatic heterocycles. The van der Waals surface area contributed by atoms with Gasteiger partial charge < -0.3 is 14.9 Å². The molecular formula is C22H17BrN2O5. The molecule has 0 aliphatic carbocycles. The van der Waals surface area contributed by atoms with Crippen molar-refractivity contribution in [2.75, 3.05) is 0 Å². The molecule has 0 aliphatic rings. The number of carbonyl (C=O) groups excluding carboxylic acids is 2. The minimum absolute atomic E-state index is 0.0507. The molecular weight excluding hydrogens is 452 g/mol. The van der Waals surface area contributed by atoms with Gasteiger partial charge in [0.05, 0.1) is 17.3 Å². The second-order valence-electron chi connectivity index (χ2n) is 6.34. The molecule has 0 spiro atoms. The van der Waals surface area contributed by atoms with Crippen molar-refractivity contribution in [3.8, 4) is 17.2 Å². The van der Waals surface area contributed by atoms with Crippen LogP contribution in [0.5, 0.6) is 17.2 Å². The highest BCUT2D eigenvalue weighted by atomic mass is 79.9. The Morgan fingerprint density at radius 1 is 1.03 bits per heavy atom. The van der Waals surface area contributed by atoms with Crippen LogP contribution < -0.4 is 10.2 Å². The summed E-state index contributed by atoms with van der Waals surface area (Å²) in [5.41, 5.74) is 4.10. The van der Waals surface area contributed by atoms with Crippen LogP contribution in [0.1, 0.15) is 31.8 Å². The molecule has 0 radical (unpaired) electrons. The third-order valence-electron chi connectivity index (χ3n) is 4.06. The number of hydrazone groups is 1. The van der Waals surface area contributed by atoms with Crippen molar-refractivity contribution in [1.29, 1.82) is 0 Å². The van der Waals surface area contributed by atoms with Gasteiger partial charge in [0.1, 0.15) is 17.2 Å².